The third-order valence-electron chi connectivity index (χ3n) is 3.60. The zero-order valence-corrected chi connectivity index (χ0v) is 12.9. The van der Waals surface area contributed by atoms with Gasteiger partial charge in [-0.3, -0.25) is 0 Å². The molecule has 0 radical (unpaired) electrons. The van der Waals surface area contributed by atoms with E-state index in [0.29, 0.717) is 12.6 Å². The molecule has 1 atom stereocenters. The minimum Gasteiger partial charge on any atom is -0.497 e. The van der Waals surface area contributed by atoms with Crippen molar-refractivity contribution in [1.82, 2.24) is 5.32 Å². The third-order valence-corrected chi connectivity index (χ3v) is 3.60. The van der Waals surface area contributed by atoms with Gasteiger partial charge in [0.05, 0.1) is 7.11 Å². The molecule has 0 amide bonds. The first kappa shape index (κ1) is 15.4. The van der Waals surface area contributed by atoms with Gasteiger partial charge in [-0.05, 0) is 48.9 Å². The summed E-state index contributed by atoms with van der Waals surface area (Å²) in [6.45, 7) is 2.74. The van der Waals surface area contributed by atoms with Crippen LogP contribution in [0.4, 0.5) is 0 Å². The van der Waals surface area contributed by atoms with Crippen molar-refractivity contribution in [2.45, 2.75) is 26.0 Å². The molecule has 0 saturated carbocycles. The highest BCUT2D eigenvalue weighted by Gasteiger charge is 2.06. The number of hydrogen-bond acceptors (Lipinski definition) is 3. The van der Waals surface area contributed by atoms with Gasteiger partial charge in [0.25, 0.3) is 0 Å². The van der Waals surface area contributed by atoms with Gasteiger partial charge in [-0.25, -0.2) is 0 Å². The fraction of sp³-hybridized carbons (Fsp3) is 0.333. The van der Waals surface area contributed by atoms with E-state index < -0.39 is 0 Å². The summed E-state index contributed by atoms with van der Waals surface area (Å²) >= 11 is 0. The van der Waals surface area contributed by atoms with Crippen molar-refractivity contribution < 1.29 is 9.47 Å². The molecule has 3 nitrogen and oxygen atoms in total. The molecule has 1 N–H and O–H groups in total. The number of benzene rings is 2. The average Bonchev–Trinajstić information content (AvgIpc) is 2.55. The van der Waals surface area contributed by atoms with Crippen molar-refractivity contribution in [2.75, 3.05) is 14.2 Å². The fourth-order valence-electron chi connectivity index (χ4n) is 2.29. The zero-order chi connectivity index (χ0) is 15.1. The van der Waals surface area contributed by atoms with Crippen molar-refractivity contribution in [3.8, 4) is 11.5 Å². The summed E-state index contributed by atoms with van der Waals surface area (Å²) in [5, 5.41) is 3.30. The second-order valence-electron chi connectivity index (χ2n) is 4.96. The van der Waals surface area contributed by atoms with Crippen LogP contribution in [0.15, 0.2) is 48.5 Å². The number of methoxy groups -OCH3 is 1. The van der Waals surface area contributed by atoms with E-state index in [0.717, 1.165) is 23.5 Å². The molecule has 0 aliphatic rings. The quantitative estimate of drug-likeness (QED) is 0.835. The van der Waals surface area contributed by atoms with E-state index in [1.165, 1.54) is 5.56 Å². The van der Waals surface area contributed by atoms with E-state index >= 15 is 0 Å². The summed E-state index contributed by atoms with van der Waals surface area (Å²) in [7, 11) is 3.66. The van der Waals surface area contributed by atoms with Gasteiger partial charge in [-0.1, -0.05) is 31.2 Å². The average molecular weight is 285 g/mol. The van der Waals surface area contributed by atoms with Crippen LogP contribution >= 0.6 is 0 Å². The fourth-order valence-corrected chi connectivity index (χ4v) is 2.29. The van der Waals surface area contributed by atoms with Gasteiger partial charge in [-0.2, -0.15) is 0 Å². The van der Waals surface area contributed by atoms with E-state index in [1.54, 1.807) is 7.11 Å². The van der Waals surface area contributed by atoms with Gasteiger partial charge in [0.1, 0.15) is 18.1 Å². The Bertz CT molecular complexity index is 530. The Hall–Kier alpha value is -2.00. The van der Waals surface area contributed by atoms with Gasteiger partial charge in [-0.15, -0.1) is 0 Å². The van der Waals surface area contributed by atoms with Crippen LogP contribution in [0.5, 0.6) is 11.5 Å². The lowest BCUT2D eigenvalue weighted by atomic mass is 10.0. The molecule has 2 rings (SSSR count). The van der Waals surface area contributed by atoms with Crippen molar-refractivity contribution in [3.05, 3.63) is 59.7 Å². The van der Waals surface area contributed by atoms with Crippen molar-refractivity contribution in [3.63, 3.8) is 0 Å². The standard InChI is InChI=1S/C18H23NO2/c1-4-18(19-2)15-7-11-17(12-8-15)21-13-14-5-9-16(20-3)10-6-14/h5-12,18-19H,4,13H2,1-3H3. The van der Waals surface area contributed by atoms with Crippen molar-refractivity contribution in [2.24, 2.45) is 0 Å². The molecular weight excluding hydrogens is 262 g/mol. The molecule has 0 saturated heterocycles. The summed E-state index contributed by atoms with van der Waals surface area (Å²) in [4.78, 5) is 0. The highest BCUT2D eigenvalue weighted by atomic mass is 16.5. The minimum absolute atomic E-state index is 0.403. The molecule has 0 heterocycles. The Labute approximate surface area is 126 Å². The molecular formula is C18H23NO2. The van der Waals surface area contributed by atoms with E-state index in [4.69, 9.17) is 9.47 Å². The van der Waals surface area contributed by atoms with Crippen LogP contribution in [0, 0.1) is 0 Å². The van der Waals surface area contributed by atoms with Gasteiger partial charge < -0.3 is 14.8 Å². The molecule has 3 heteroatoms. The Kier molecular flexibility index (Phi) is 5.64. The maximum Gasteiger partial charge on any atom is 0.119 e. The summed E-state index contributed by atoms with van der Waals surface area (Å²) in [5.74, 6) is 1.75. The maximum absolute atomic E-state index is 5.81. The highest BCUT2D eigenvalue weighted by Crippen LogP contribution is 2.21. The molecule has 2 aromatic rings. The highest BCUT2D eigenvalue weighted by molar-refractivity contribution is 5.30. The van der Waals surface area contributed by atoms with E-state index in [2.05, 4.69) is 24.4 Å². The topological polar surface area (TPSA) is 30.5 Å². The van der Waals surface area contributed by atoms with Crippen LogP contribution < -0.4 is 14.8 Å². The number of nitrogens with one attached hydrogen (secondary N) is 1. The number of ether oxygens (including phenoxy) is 2. The maximum atomic E-state index is 5.81. The Morgan fingerprint density at radius 2 is 1.57 bits per heavy atom. The molecule has 0 bridgehead atoms. The van der Waals surface area contributed by atoms with E-state index in [-0.39, 0.29) is 0 Å². The second kappa shape index (κ2) is 7.70. The molecule has 0 aromatic heterocycles. The van der Waals surface area contributed by atoms with Crippen LogP contribution in [0.1, 0.15) is 30.5 Å². The van der Waals surface area contributed by atoms with Crippen LogP contribution in [0.2, 0.25) is 0 Å². The predicted octanol–water partition coefficient (Wildman–Crippen LogP) is 3.94. The lowest BCUT2D eigenvalue weighted by molar-refractivity contribution is 0.306. The third kappa shape index (κ3) is 4.23. The number of rotatable bonds is 7. The van der Waals surface area contributed by atoms with E-state index in [9.17, 15) is 0 Å². The smallest absolute Gasteiger partial charge is 0.119 e. The van der Waals surface area contributed by atoms with Crippen LogP contribution in [-0.4, -0.2) is 14.2 Å². The van der Waals surface area contributed by atoms with Crippen LogP contribution in [0.25, 0.3) is 0 Å². The van der Waals surface area contributed by atoms with E-state index in [1.807, 2.05) is 43.4 Å². The van der Waals surface area contributed by atoms with Crippen LogP contribution in [-0.2, 0) is 6.61 Å². The lowest BCUT2D eigenvalue weighted by Gasteiger charge is -2.15. The van der Waals surface area contributed by atoms with Crippen LogP contribution in [0.3, 0.4) is 0 Å². The molecule has 112 valence electrons. The van der Waals surface area contributed by atoms with Crippen molar-refractivity contribution >= 4 is 0 Å². The summed E-state index contributed by atoms with van der Waals surface area (Å²) in [6, 6.07) is 16.6. The first-order chi connectivity index (χ1) is 10.3. The van der Waals surface area contributed by atoms with Gasteiger partial charge in [0, 0.05) is 6.04 Å². The minimum atomic E-state index is 0.403. The largest absolute Gasteiger partial charge is 0.497 e. The second-order valence-corrected chi connectivity index (χ2v) is 4.96. The van der Waals surface area contributed by atoms with Gasteiger partial charge in [0.15, 0.2) is 0 Å². The normalized spacial score (nSPS) is 12.0. The lowest BCUT2D eigenvalue weighted by Crippen LogP contribution is -2.14. The molecule has 1 unspecified atom stereocenters. The SMILES string of the molecule is CCC(NC)c1ccc(OCc2ccc(OC)cc2)cc1. The Balaban J connectivity index is 1.93. The Morgan fingerprint density at radius 1 is 0.952 bits per heavy atom. The molecule has 0 aliphatic carbocycles. The molecule has 0 fully saturated rings. The molecule has 21 heavy (non-hydrogen) atoms. The summed E-state index contributed by atoms with van der Waals surface area (Å²) < 4.78 is 10.9. The first-order valence-electron chi connectivity index (χ1n) is 7.29. The van der Waals surface area contributed by atoms with Crippen molar-refractivity contribution in [1.29, 1.82) is 0 Å². The molecule has 0 aliphatic heterocycles. The van der Waals surface area contributed by atoms with Gasteiger partial charge >= 0.3 is 0 Å². The Morgan fingerprint density at radius 3 is 2.10 bits per heavy atom. The molecule has 0 spiro atoms. The van der Waals surface area contributed by atoms with Gasteiger partial charge in [0.2, 0.25) is 0 Å². The number of hydrogen-bond donors (Lipinski definition) is 1. The first-order valence-corrected chi connectivity index (χ1v) is 7.29. The monoisotopic (exact) mass is 285 g/mol. The molecule has 2 aromatic carbocycles. The zero-order valence-electron chi connectivity index (χ0n) is 12.9. The summed E-state index contributed by atoms with van der Waals surface area (Å²) in [6.07, 6.45) is 1.07. The summed E-state index contributed by atoms with van der Waals surface area (Å²) in [5.41, 5.74) is 2.42. The predicted molar refractivity (Wildman–Crippen MR) is 85.9 cm³/mol.